The van der Waals surface area contributed by atoms with E-state index in [0.29, 0.717) is 6.10 Å². The number of hydrogen-bond acceptors (Lipinski definition) is 3. The van der Waals surface area contributed by atoms with Gasteiger partial charge in [0.05, 0.1) is 23.4 Å². The third-order valence-corrected chi connectivity index (χ3v) is 6.08. The summed E-state index contributed by atoms with van der Waals surface area (Å²) in [6.07, 6.45) is 7.64. The van der Waals surface area contributed by atoms with Crippen molar-refractivity contribution in [1.82, 2.24) is 5.32 Å². The van der Waals surface area contributed by atoms with Crippen LogP contribution in [0.15, 0.2) is 36.4 Å². The van der Waals surface area contributed by atoms with Crippen LogP contribution in [-0.4, -0.2) is 19.2 Å². The molecule has 0 saturated heterocycles. The highest BCUT2D eigenvalue weighted by Gasteiger charge is 2.16. The van der Waals surface area contributed by atoms with E-state index >= 15 is 0 Å². The number of fused-ring (bicyclic) bond motifs is 1. The van der Waals surface area contributed by atoms with E-state index in [1.54, 1.807) is 0 Å². The Kier molecular flexibility index (Phi) is 6.33. The molecular weight excluding hydrogens is 356 g/mol. The minimum atomic E-state index is 0.469. The van der Waals surface area contributed by atoms with Crippen LogP contribution in [0.2, 0.25) is 5.02 Å². The van der Waals surface area contributed by atoms with Crippen LogP contribution in [0.1, 0.15) is 47.9 Å². The summed E-state index contributed by atoms with van der Waals surface area (Å²) < 4.78 is 6.01. The normalized spacial score (nSPS) is 17.5. The van der Waals surface area contributed by atoms with E-state index in [0.717, 1.165) is 49.8 Å². The molecule has 2 aromatic carbocycles. The van der Waals surface area contributed by atoms with E-state index < -0.39 is 0 Å². The predicted octanol–water partition coefficient (Wildman–Crippen LogP) is 5.10. The van der Waals surface area contributed by atoms with Crippen molar-refractivity contribution in [3.05, 3.63) is 63.7 Å². The van der Waals surface area contributed by atoms with Crippen LogP contribution >= 0.6 is 11.6 Å². The lowest BCUT2D eigenvalue weighted by Gasteiger charge is -2.16. The summed E-state index contributed by atoms with van der Waals surface area (Å²) in [7, 11) is 0. The Labute approximate surface area is 167 Å². The zero-order valence-corrected chi connectivity index (χ0v) is 16.7. The van der Waals surface area contributed by atoms with Gasteiger partial charge in [0, 0.05) is 6.54 Å². The molecule has 1 saturated carbocycles. The van der Waals surface area contributed by atoms with Gasteiger partial charge in [0.15, 0.2) is 0 Å². The van der Waals surface area contributed by atoms with Crippen molar-refractivity contribution in [2.75, 3.05) is 18.4 Å². The first kappa shape index (κ1) is 18.8. The lowest BCUT2D eigenvalue weighted by molar-refractivity contribution is 0.0457. The summed E-state index contributed by atoms with van der Waals surface area (Å²) in [4.78, 5) is 0. The molecule has 4 heteroatoms. The molecule has 2 aliphatic rings. The SMILES string of the molecule is Clc1ccc2c(c1NCc1ccc(COC3CCCC3)cc1)CCNCC2. The largest absolute Gasteiger partial charge is 0.380 e. The van der Waals surface area contributed by atoms with Gasteiger partial charge in [-0.1, -0.05) is 54.8 Å². The lowest BCUT2D eigenvalue weighted by Crippen LogP contribution is -2.16. The molecule has 2 aromatic rings. The fourth-order valence-corrected chi connectivity index (χ4v) is 4.39. The fraction of sp³-hybridized carbons (Fsp3) is 0.478. The van der Waals surface area contributed by atoms with Crippen molar-refractivity contribution >= 4 is 17.3 Å². The molecule has 1 aliphatic heterocycles. The average Bonchev–Trinajstić information content (AvgIpc) is 3.10. The second-order valence-electron chi connectivity index (χ2n) is 7.70. The Morgan fingerprint density at radius 2 is 1.70 bits per heavy atom. The summed E-state index contributed by atoms with van der Waals surface area (Å²) in [5, 5.41) is 7.88. The van der Waals surface area contributed by atoms with Crippen molar-refractivity contribution in [2.45, 2.75) is 57.8 Å². The topological polar surface area (TPSA) is 33.3 Å². The minimum Gasteiger partial charge on any atom is -0.380 e. The number of hydrogen-bond donors (Lipinski definition) is 2. The van der Waals surface area contributed by atoms with Crippen molar-refractivity contribution in [3.8, 4) is 0 Å². The third-order valence-electron chi connectivity index (χ3n) is 5.76. The Hall–Kier alpha value is -1.55. The maximum absolute atomic E-state index is 6.51. The maximum Gasteiger partial charge on any atom is 0.0720 e. The molecule has 0 amide bonds. The number of anilines is 1. The van der Waals surface area contributed by atoms with E-state index in [4.69, 9.17) is 16.3 Å². The molecular formula is C23H29ClN2O. The van der Waals surface area contributed by atoms with Gasteiger partial charge in [-0.25, -0.2) is 0 Å². The van der Waals surface area contributed by atoms with E-state index in [9.17, 15) is 0 Å². The minimum absolute atomic E-state index is 0.469. The van der Waals surface area contributed by atoms with E-state index in [1.807, 2.05) is 6.07 Å². The van der Waals surface area contributed by atoms with E-state index in [2.05, 4.69) is 41.0 Å². The summed E-state index contributed by atoms with van der Waals surface area (Å²) in [6, 6.07) is 13.0. The summed E-state index contributed by atoms with van der Waals surface area (Å²) in [5.41, 5.74) is 6.40. The van der Waals surface area contributed by atoms with Gasteiger partial charge in [-0.3, -0.25) is 0 Å². The highest BCUT2D eigenvalue weighted by molar-refractivity contribution is 6.33. The number of rotatable bonds is 6. The van der Waals surface area contributed by atoms with Crippen LogP contribution in [0.25, 0.3) is 0 Å². The number of nitrogens with one attached hydrogen (secondary N) is 2. The third kappa shape index (κ3) is 4.84. The van der Waals surface area contributed by atoms with Crippen molar-refractivity contribution < 1.29 is 4.74 Å². The van der Waals surface area contributed by atoms with Crippen molar-refractivity contribution in [1.29, 1.82) is 0 Å². The molecule has 3 nitrogen and oxygen atoms in total. The van der Waals surface area contributed by atoms with Crippen LogP contribution in [0.3, 0.4) is 0 Å². The lowest BCUT2D eigenvalue weighted by atomic mass is 10.0. The fourth-order valence-electron chi connectivity index (χ4n) is 4.15. The predicted molar refractivity (Wildman–Crippen MR) is 113 cm³/mol. The van der Waals surface area contributed by atoms with E-state index in [1.165, 1.54) is 47.9 Å². The van der Waals surface area contributed by atoms with Gasteiger partial charge in [0.1, 0.15) is 0 Å². The molecule has 0 atom stereocenters. The molecule has 1 heterocycles. The molecule has 0 unspecified atom stereocenters. The Morgan fingerprint density at radius 1 is 0.963 bits per heavy atom. The Morgan fingerprint density at radius 3 is 2.52 bits per heavy atom. The van der Waals surface area contributed by atoms with Crippen molar-refractivity contribution in [3.63, 3.8) is 0 Å². The van der Waals surface area contributed by atoms with E-state index in [-0.39, 0.29) is 0 Å². The van der Waals surface area contributed by atoms with Gasteiger partial charge in [-0.15, -0.1) is 0 Å². The first-order valence-corrected chi connectivity index (χ1v) is 10.6. The molecule has 0 spiro atoms. The summed E-state index contributed by atoms with van der Waals surface area (Å²) in [6.45, 7) is 3.56. The second kappa shape index (κ2) is 9.09. The zero-order chi connectivity index (χ0) is 18.5. The van der Waals surface area contributed by atoms with Gasteiger partial charge >= 0.3 is 0 Å². The first-order valence-electron chi connectivity index (χ1n) is 10.2. The molecule has 0 aromatic heterocycles. The molecule has 144 valence electrons. The first-order chi connectivity index (χ1) is 13.3. The molecule has 4 rings (SSSR count). The monoisotopic (exact) mass is 384 g/mol. The highest BCUT2D eigenvalue weighted by Crippen LogP contribution is 2.31. The molecule has 27 heavy (non-hydrogen) atoms. The van der Waals surface area contributed by atoms with Gasteiger partial charge in [-0.2, -0.15) is 0 Å². The Bertz CT molecular complexity index is 754. The second-order valence-corrected chi connectivity index (χ2v) is 8.10. The Balaban J connectivity index is 1.37. The van der Waals surface area contributed by atoms with Crippen molar-refractivity contribution in [2.24, 2.45) is 0 Å². The molecule has 0 radical (unpaired) electrons. The van der Waals surface area contributed by atoms with Crippen LogP contribution in [0.5, 0.6) is 0 Å². The van der Waals surface area contributed by atoms with Gasteiger partial charge < -0.3 is 15.4 Å². The van der Waals surface area contributed by atoms with Crippen LogP contribution in [0.4, 0.5) is 5.69 Å². The van der Waals surface area contributed by atoms with Gasteiger partial charge in [-0.05, 0) is 67.1 Å². The van der Waals surface area contributed by atoms with Crippen LogP contribution in [-0.2, 0) is 30.7 Å². The summed E-state index contributed by atoms with van der Waals surface area (Å²) >= 11 is 6.51. The number of benzene rings is 2. The van der Waals surface area contributed by atoms with Gasteiger partial charge in [0.25, 0.3) is 0 Å². The number of halogens is 1. The quantitative estimate of drug-likeness (QED) is 0.726. The van der Waals surface area contributed by atoms with Gasteiger partial charge in [0.2, 0.25) is 0 Å². The smallest absolute Gasteiger partial charge is 0.0720 e. The standard InChI is InChI=1S/C23H29ClN2O/c24-22-10-9-19-11-13-25-14-12-21(19)23(22)26-15-17-5-7-18(8-6-17)16-27-20-3-1-2-4-20/h5-10,20,25-26H,1-4,11-16H2. The number of ether oxygens (including phenoxy) is 1. The highest BCUT2D eigenvalue weighted by atomic mass is 35.5. The zero-order valence-electron chi connectivity index (χ0n) is 15.9. The maximum atomic E-state index is 6.51. The molecule has 0 bridgehead atoms. The summed E-state index contributed by atoms with van der Waals surface area (Å²) in [5.74, 6) is 0. The molecule has 1 aliphatic carbocycles. The molecule has 2 N–H and O–H groups in total. The van der Waals surface area contributed by atoms with Crippen LogP contribution < -0.4 is 10.6 Å². The molecule has 1 fully saturated rings. The average molecular weight is 385 g/mol. The van der Waals surface area contributed by atoms with Crippen LogP contribution in [0, 0.1) is 0 Å².